The lowest BCUT2D eigenvalue weighted by molar-refractivity contribution is 0.264. The van der Waals surface area contributed by atoms with Crippen LogP contribution >= 0.6 is 22.6 Å². The summed E-state index contributed by atoms with van der Waals surface area (Å²) in [6, 6.07) is 10.0. The molecular formula is C17H15FIN3O3. The number of hydrogen-bond acceptors (Lipinski definition) is 6. The highest BCUT2D eigenvalue weighted by Gasteiger charge is 2.17. The number of ether oxygens (including phenoxy) is 2. The van der Waals surface area contributed by atoms with Crippen molar-refractivity contribution in [1.29, 1.82) is 0 Å². The number of halogens is 2. The molecule has 6 nitrogen and oxygen atoms in total. The standard InChI is InChI=1S/C17H15FIN3O3/c1-2-23-14-8-11(16-21-22-17(20)25-16)7-13(19)15(14)24-9-10-5-3-4-6-12(10)18/h3-8H,2,9H2,1H3,(H2,20,22). The number of benzene rings is 2. The zero-order chi connectivity index (χ0) is 17.8. The largest absolute Gasteiger partial charge is 0.490 e. The smallest absolute Gasteiger partial charge is 0.313 e. The third-order valence-electron chi connectivity index (χ3n) is 3.33. The average molecular weight is 455 g/mol. The lowest BCUT2D eigenvalue weighted by Gasteiger charge is -2.15. The Bertz CT molecular complexity index is 885. The molecule has 3 aromatic rings. The number of nitrogens with two attached hydrogens (primary N) is 1. The van der Waals surface area contributed by atoms with Crippen LogP contribution in [0.1, 0.15) is 12.5 Å². The fourth-order valence-electron chi connectivity index (χ4n) is 2.21. The molecule has 0 saturated carbocycles. The second-order valence-electron chi connectivity index (χ2n) is 5.04. The Morgan fingerprint density at radius 3 is 2.68 bits per heavy atom. The summed E-state index contributed by atoms with van der Waals surface area (Å²) in [6.07, 6.45) is 0. The Hall–Kier alpha value is -2.36. The van der Waals surface area contributed by atoms with E-state index in [1.807, 2.05) is 13.0 Å². The molecule has 0 bridgehead atoms. The normalized spacial score (nSPS) is 10.7. The van der Waals surface area contributed by atoms with Crippen molar-refractivity contribution in [2.75, 3.05) is 12.3 Å². The number of nitrogen functional groups attached to an aromatic ring is 1. The van der Waals surface area contributed by atoms with Gasteiger partial charge in [-0.05, 0) is 47.7 Å². The number of anilines is 1. The summed E-state index contributed by atoms with van der Waals surface area (Å²) in [7, 11) is 0. The molecule has 0 unspecified atom stereocenters. The van der Waals surface area contributed by atoms with Gasteiger partial charge < -0.3 is 19.6 Å². The molecule has 0 amide bonds. The van der Waals surface area contributed by atoms with E-state index >= 15 is 0 Å². The van der Waals surface area contributed by atoms with E-state index < -0.39 is 0 Å². The van der Waals surface area contributed by atoms with Gasteiger partial charge in [-0.25, -0.2) is 4.39 Å². The molecule has 8 heteroatoms. The van der Waals surface area contributed by atoms with Crippen molar-refractivity contribution in [3.63, 3.8) is 0 Å². The lowest BCUT2D eigenvalue weighted by Crippen LogP contribution is -2.03. The van der Waals surface area contributed by atoms with Crippen molar-refractivity contribution in [2.24, 2.45) is 0 Å². The maximum Gasteiger partial charge on any atom is 0.313 e. The van der Waals surface area contributed by atoms with Crippen LogP contribution in [0.3, 0.4) is 0 Å². The molecule has 2 N–H and O–H groups in total. The van der Waals surface area contributed by atoms with Crippen LogP contribution in [0.15, 0.2) is 40.8 Å². The molecule has 130 valence electrons. The number of nitrogens with zero attached hydrogens (tertiary/aromatic N) is 2. The van der Waals surface area contributed by atoms with Gasteiger partial charge in [0.1, 0.15) is 12.4 Å². The number of rotatable bonds is 6. The molecule has 0 aliphatic rings. The number of aromatic nitrogens is 2. The molecule has 0 radical (unpaired) electrons. The zero-order valence-electron chi connectivity index (χ0n) is 13.3. The van der Waals surface area contributed by atoms with Crippen molar-refractivity contribution >= 4 is 28.6 Å². The van der Waals surface area contributed by atoms with Gasteiger partial charge in [0.2, 0.25) is 5.89 Å². The Balaban J connectivity index is 1.91. The van der Waals surface area contributed by atoms with Crippen molar-refractivity contribution in [3.8, 4) is 23.0 Å². The summed E-state index contributed by atoms with van der Waals surface area (Å²) in [5, 5.41) is 7.52. The van der Waals surface area contributed by atoms with Gasteiger partial charge in [0.15, 0.2) is 11.5 Å². The van der Waals surface area contributed by atoms with Gasteiger partial charge >= 0.3 is 6.01 Å². The van der Waals surface area contributed by atoms with E-state index in [1.165, 1.54) is 6.07 Å². The van der Waals surface area contributed by atoms with Crippen molar-refractivity contribution < 1.29 is 18.3 Å². The highest BCUT2D eigenvalue weighted by Crippen LogP contribution is 2.38. The first-order valence-electron chi connectivity index (χ1n) is 7.50. The van der Waals surface area contributed by atoms with Crippen LogP contribution in [-0.4, -0.2) is 16.8 Å². The molecule has 0 aliphatic heterocycles. The summed E-state index contributed by atoms with van der Waals surface area (Å²) in [6.45, 7) is 2.40. The molecule has 0 spiro atoms. The molecule has 0 aliphatic carbocycles. The van der Waals surface area contributed by atoms with Crippen LogP contribution < -0.4 is 15.2 Å². The summed E-state index contributed by atoms with van der Waals surface area (Å²) < 4.78 is 31.3. The minimum Gasteiger partial charge on any atom is -0.490 e. The van der Waals surface area contributed by atoms with Crippen LogP contribution in [0.5, 0.6) is 11.5 Å². The molecule has 0 fully saturated rings. The first-order chi connectivity index (χ1) is 12.1. The van der Waals surface area contributed by atoms with Crippen LogP contribution in [-0.2, 0) is 6.61 Å². The lowest BCUT2D eigenvalue weighted by atomic mass is 10.2. The van der Waals surface area contributed by atoms with E-state index in [9.17, 15) is 4.39 Å². The van der Waals surface area contributed by atoms with Crippen molar-refractivity contribution in [2.45, 2.75) is 13.5 Å². The highest BCUT2D eigenvalue weighted by atomic mass is 127. The quantitative estimate of drug-likeness (QED) is 0.565. The molecule has 0 saturated heterocycles. The topological polar surface area (TPSA) is 83.4 Å². The van der Waals surface area contributed by atoms with Crippen molar-refractivity contribution in [3.05, 3.63) is 51.3 Å². The molecule has 3 rings (SSSR count). The summed E-state index contributed by atoms with van der Waals surface area (Å²) in [4.78, 5) is 0. The highest BCUT2D eigenvalue weighted by molar-refractivity contribution is 14.1. The van der Waals surface area contributed by atoms with Gasteiger partial charge in [-0.2, -0.15) is 0 Å². The molecule has 1 aromatic heterocycles. The third-order valence-corrected chi connectivity index (χ3v) is 4.13. The van der Waals surface area contributed by atoms with E-state index in [-0.39, 0.29) is 24.3 Å². The third kappa shape index (κ3) is 4.01. The first-order valence-corrected chi connectivity index (χ1v) is 8.58. The van der Waals surface area contributed by atoms with Gasteiger partial charge in [-0.3, -0.25) is 0 Å². The van der Waals surface area contributed by atoms with Gasteiger partial charge in [0.05, 0.1) is 10.2 Å². The van der Waals surface area contributed by atoms with Gasteiger partial charge in [0, 0.05) is 11.1 Å². The monoisotopic (exact) mass is 455 g/mol. The van der Waals surface area contributed by atoms with Crippen LogP contribution in [0.2, 0.25) is 0 Å². The summed E-state index contributed by atoms with van der Waals surface area (Å²) >= 11 is 2.12. The van der Waals surface area contributed by atoms with Gasteiger partial charge in [-0.1, -0.05) is 23.3 Å². The fourth-order valence-corrected chi connectivity index (χ4v) is 2.97. The molecule has 1 heterocycles. The predicted molar refractivity (Wildman–Crippen MR) is 98.8 cm³/mol. The Labute approximate surface area is 157 Å². The Morgan fingerprint density at radius 1 is 1.20 bits per heavy atom. The zero-order valence-corrected chi connectivity index (χ0v) is 15.5. The second kappa shape index (κ2) is 7.68. The minimum atomic E-state index is -0.312. The van der Waals surface area contributed by atoms with E-state index in [2.05, 4.69) is 32.8 Å². The minimum absolute atomic E-state index is 0.0113. The SMILES string of the molecule is CCOc1cc(-c2nnc(N)o2)cc(I)c1OCc1ccccc1F. The molecule has 2 aromatic carbocycles. The Morgan fingerprint density at radius 2 is 2.00 bits per heavy atom. The fraction of sp³-hybridized carbons (Fsp3) is 0.176. The van der Waals surface area contributed by atoms with Crippen LogP contribution in [0.25, 0.3) is 11.5 Å². The molecule has 25 heavy (non-hydrogen) atoms. The van der Waals surface area contributed by atoms with E-state index in [0.29, 0.717) is 29.2 Å². The van der Waals surface area contributed by atoms with Crippen molar-refractivity contribution in [1.82, 2.24) is 10.2 Å². The average Bonchev–Trinajstić information content (AvgIpc) is 3.02. The first kappa shape index (κ1) is 17.5. The van der Waals surface area contributed by atoms with E-state index in [1.54, 1.807) is 24.3 Å². The number of hydrogen-bond donors (Lipinski definition) is 1. The molecule has 0 atom stereocenters. The maximum absolute atomic E-state index is 13.8. The van der Waals surface area contributed by atoms with Gasteiger partial charge in [0.25, 0.3) is 0 Å². The molecular weight excluding hydrogens is 440 g/mol. The van der Waals surface area contributed by atoms with Crippen LogP contribution in [0, 0.1) is 9.39 Å². The van der Waals surface area contributed by atoms with Gasteiger partial charge in [-0.15, -0.1) is 5.10 Å². The van der Waals surface area contributed by atoms with Crippen LogP contribution in [0.4, 0.5) is 10.4 Å². The summed E-state index contributed by atoms with van der Waals surface area (Å²) in [5.41, 5.74) is 6.60. The second-order valence-corrected chi connectivity index (χ2v) is 6.21. The maximum atomic E-state index is 13.8. The predicted octanol–water partition coefficient (Wildman–Crippen LogP) is 4.04. The summed E-state index contributed by atoms with van der Waals surface area (Å²) in [5.74, 6) is 1.02. The Kier molecular flexibility index (Phi) is 5.37. The van der Waals surface area contributed by atoms with E-state index in [4.69, 9.17) is 19.6 Å². The van der Waals surface area contributed by atoms with E-state index in [0.717, 1.165) is 3.57 Å².